The van der Waals surface area contributed by atoms with Gasteiger partial charge < -0.3 is 10.2 Å². The first-order chi connectivity index (χ1) is 11.1. The molecule has 1 aliphatic carbocycles. The number of nitrogens with one attached hydrogen (secondary N) is 1. The van der Waals surface area contributed by atoms with Gasteiger partial charge in [-0.25, -0.2) is 0 Å². The third-order valence-electron chi connectivity index (χ3n) is 5.55. The van der Waals surface area contributed by atoms with Gasteiger partial charge in [-0.15, -0.1) is 0 Å². The Bertz CT molecular complexity index is 564. The van der Waals surface area contributed by atoms with E-state index in [2.05, 4.69) is 29.6 Å². The van der Waals surface area contributed by atoms with E-state index >= 15 is 0 Å². The number of amides is 2. The van der Waals surface area contributed by atoms with Crippen LogP contribution >= 0.6 is 0 Å². The monoisotopic (exact) mass is 314 g/mol. The summed E-state index contributed by atoms with van der Waals surface area (Å²) >= 11 is 0. The van der Waals surface area contributed by atoms with Crippen molar-refractivity contribution in [3.63, 3.8) is 0 Å². The van der Waals surface area contributed by atoms with Gasteiger partial charge in [0.2, 0.25) is 11.8 Å². The van der Waals surface area contributed by atoms with Gasteiger partial charge in [-0.1, -0.05) is 43.2 Å². The van der Waals surface area contributed by atoms with E-state index in [1.54, 1.807) is 11.8 Å². The predicted molar refractivity (Wildman–Crippen MR) is 90.0 cm³/mol. The van der Waals surface area contributed by atoms with Crippen molar-refractivity contribution in [1.29, 1.82) is 0 Å². The fourth-order valence-corrected chi connectivity index (χ4v) is 4.07. The summed E-state index contributed by atoms with van der Waals surface area (Å²) < 4.78 is 0. The third-order valence-corrected chi connectivity index (χ3v) is 5.55. The highest BCUT2D eigenvalue weighted by Crippen LogP contribution is 2.40. The van der Waals surface area contributed by atoms with E-state index in [1.165, 1.54) is 18.4 Å². The van der Waals surface area contributed by atoms with Gasteiger partial charge in [-0.3, -0.25) is 9.59 Å². The van der Waals surface area contributed by atoms with Crippen molar-refractivity contribution in [2.75, 3.05) is 19.6 Å². The molecule has 1 aliphatic heterocycles. The Morgan fingerprint density at radius 1 is 1.22 bits per heavy atom. The maximum atomic E-state index is 12.5. The highest BCUT2D eigenvalue weighted by molar-refractivity contribution is 5.81. The van der Waals surface area contributed by atoms with Gasteiger partial charge in [0.05, 0.1) is 5.92 Å². The van der Waals surface area contributed by atoms with Crippen molar-refractivity contribution in [3.8, 4) is 0 Å². The lowest BCUT2D eigenvalue weighted by Crippen LogP contribution is -2.42. The molecule has 23 heavy (non-hydrogen) atoms. The molecule has 4 nitrogen and oxygen atoms in total. The predicted octanol–water partition coefficient (Wildman–Crippen LogP) is 2.48. The summed E-state index contributed by atoms with van der Waals surface area (Å²) in [6.45, 7) is 3.56. The van der Waals surface area contributed by atoms with E-state index in [0.717, 1.165) is 19.3 Å². The first-order valence-electron chi connectivity index (χ1n) is 8.69. The van der Waals surface area contributed by atoms with Crippen molar-refractivity contribution in [2.45, 2.75) is 44.4 Å². The fraction of sp³-hybridized carbons (Fsp3) is 0.579. The molecule has 1 atom stereocenters. The van der Waals surface area contributed by atoms with Crippen LogP contribution in [0, 0.1) is 5.92 Å². The number of hydrogen-bond acceptors (Lipinski definition) is 2. The normalized spacial score (nSPS) is 23.0. The largest absolute Gasteiger partial charge is 0.355 e. The second-order valence-electron chi connectivity index (χ2n) is 7.02. The van der Waals surface area contributed by atoms with Crippen LogP contribution in [0.15, 0.2) is 30.3 Å². The van der Waals surface area contributed by atoms with E-state index in [0.29, 0.717) is 19.6 Å². The standard InChI is InChI=1S/C19H26N2O2/c1-15(22)21-12-9-16(13-21)18(23)20-14-19(10-5-6-11-19)17-7-3-2-4-8-17/h2-4,7-8,16H,5-6,9-14H2,1H3,(H,20,23)/t16-/m0/s1. The highest BCUT2D eigenvalue weighted by Gasteiger charge is 2.37. The Labute approximate surface area is 138 Å². The number of likely N-dealkylation sites (tertiary alicyclic amines) is 1. The van der Waals surface area contributed by atoms with Crippen LogP contribution in [0.4, 0.5) is 0 Å². The summed E-state index contributed by atoms with van der Waals surface area (Å²) in [4.78, 5) is 25.7. The molecule has 0 bridgehead atoms. The molecule has 1 aromatic carbocycles. The molecule has 4 heteroatoms. The number of carbonyl (C=O) groups excluding carboxylic acids is 2. The lowest BCUT2D eigenvalue weighted by Gasteiger charge is -2.30. The number of nitrogens with zero attached hydrogens (tertiary/aromatic N) is 1. The van der Waals surface area contributed by atoms with Gasteiger partial charge in [0.15, 0.2) is 0 Å². The number of rotatable bonds is 4. The summed E-state index contributed by atoms with van der Waals surface area (Å²) in [5, 5.41) is 3.19. The summed E-state index contributed by atoms with van der Waals surface area (Å²) in [5.74, 6) is 0.126. The number of hydrogen-bond donors (Lipinski definition) is 1. The molecule has 2 amide bonds. The summed E-state index contributed by atoms with van der Waals surface area (Å²) in [7, 11) is 0. The molecule has 2 fully saturated rings. The minimum Gasteiger partial charge on any atom is -0.355 e. The third kappa shape index (κ3) is 3.41. The zero-order chi connectivity index (χ0) is 16.3. The SMILES string of the molecule is CC(=O)N1CC[C@H](C(=O)NCC2(c3ccccc3)CCCC2)C1. The molecule has 1 aromatic rings. The smallest absolute Gasteiger partial charge is 0.224 e. The van der Waals surface area contributed by atoms with E-state index < -0.39 is 0 Å². The summed E-state index contributed by atoms with van der Waals surface area (Å²) in [6.07, 6.45) is 5.52. The molecule has 3 rings (SSSR count). The number of carbonyl (C=O) groups is 2. The second kappa shape index (κ2) is 6.73. The molecular weight excluding hydrogens is 288 g/mol. The van der Waals surface area contributed by atoms with E-state index in [4.69, 9.17) is 0 Å². The van der Waals surface area contributed by atoms with Crippen molar-refractivity contribution >= 4 is 11.8 Å². The first-order valence-corrected chi connectivity index (χ1v) is 8.69. The van der Waals surface area contributed by atoms with Crippen LogP contribution in [-0.4, -0.2) is 36.3 Å². The molecule has 1 saturated carbocycles. The van der Waals surface area contributed by atoms with Gasteiger partial charge in [-0.2, -0.15) is 0 Å². The molecule has 0 spiro atoms. The molecule has 1 heterocycles. The van der Waals surface area contributed by atoms with Gasteiger partial charge in [0, 0.05) is 32.0 Å². The molecule has 0 aromatic heterocycles. The van der Waals surface area contributed by atoms with Crippen LogP contribution in [0.5, 0.6) is 0 Å². The van der Waals surface area contributed by atoms with Crippen LogP contribution in [0.1, 0.15) is 44.6 Å². The van der Waals surface area contributed by atoms with Crippen molar-refractivity contribution in [2.24, 2.45) is 5.92 Å². The maximum Gasteiger partial charge on any atom is 0.224 e. The van der Waals surface area contributed by atoms with Crippen LogP contribution in [0.3, 0.4) is 0 Å². The Morgan fingerprint density at radius 2 is 1.91 bits per heavy atom. The Morgan fingerprint density at radius 3 is 2.52 bits per heavy atom. The van der Waals surface area contributed by atoms with E-state index in [-0.39, 0.29) is 23.1 Å². The molecule has 0 unspecified atom stereocenters. The summed E-state index contributed by atoms with van der Waals surface area (Å²) in [5.41, 5.74) is 1.44. The van der Waals surface area contributed by atoms with E-state index in [1.807, 2.05) is 6.07 Å². The summed E-state index contributed by atoms with van der Waals surface area (Å²) in [6, 6.07) is 10.6. The van der Waals surface area contributed by atoms with E-state index in [9.17, 15) is 9.59 Å². The fourth-order valence-electron chi connectivity index (χ4n) is 4.07. The molecule has 2 aliphatic rings. The Hall–Kier alpha value is -1.84. The highest BCUT2D eigenvalue weighted by atomic mass is 16.2. The van der Waals surface area contributed by atoms with Crippen LogP contribution in [0.25, 0.3) is 0 Å². The average Bonchev–Trinajstić information content (AvgIpc) is 3.24. The van der Waals surface area contributed by atoms with Gasteiger partial charge in [0.1, 0.15) is 0 Å². The molecule has 1 saturated heterocycles. The molecular formula is C19H26N2O2. The second-order valence-corrected chi connectivity index (χ2v) is 7.02. The lowest BCUT2D eigenvalue weighted by molar-refractivity contribution is -0.128. The lowest BCUT2D eigenvalue weighted by atomic mass is 9.78. The zero-order valence-corrected chi connectivity index (χ0v) is 13.9. The maximum absolute atomic E-state index is 12.5. The van der Waals surface area contributed by atoms with Crippen LogP contribution < -0.4 is 5.32 Å². The molecule has 1 N–H and O–H groups in total. The zero-order valence-electron chi connectivity index (χ0n) is 13.9. The molecule has 124 valence electrons. The molecule has 0 radical (unpaired) electrons. The van der Waals surface area contributed by atoms with Crippen molar-refractivity contribution in [3.05, 3.63) is 35.9 Å². The van der Waals surface area contributed by atoms with Crippen molar-refractivity contribution in [1.82, 2.24) is 10.2 Å². The minimum absolute atomic E-state index is 0.0480. The first kappa shape index (κ1) is 16.0. The van der Waals surface area contributed by atoms with Gasteiger partial charge in [-0.05, 0) is 24.8 Å². The Balaban J connectivity index is 1.62. The van der Waals surface area contributed by atoms with Crippen LogP contribution in [-0.2, 0) is 15.0 Å². The number of benzene rings is 1. The van der Waals surface area contributed by atoms with Crippen molar-refractivity contribution < 1.29 is 9.59 Å². The topological polar surface area (TPSA) is 49.4 Å². The van der Waals surface area contributed by atoms with Crippen LogP contribution in [0.2, 0.25) is 0 Å². The van der Waals surface area contributed by atoms with Gasteiger partial charge >= 0.3 is 0 Å². The quantitative estimate of drug-likeness (QED) is 0.928. The minimum atomic E-state index is -0.0480. The Kier molecular flexibility index (Phi) is 4.69. The van der Waals surface area contributed by atoms with Gasteiger partial charge in [0.25, 0.3) is 0 Å². The average molecular weight is 314 g/mol.